The molecule has 4 rings (SSSR count). The molecule has 0 amide bonds. The number of aromatic nitrogens is 4. The van der Waals surface area contributed by atoms with E-state index in [2.05, 4.69) is 121 Å². The van der Waals surface area contributed by atoms with Gasteiger partial charge in [-0.1, -0.05) is 94.8 Å². The highest BCUT2D eigenvalue weighted by molar-refractivity contribution is 6.84. The average molecular weight is 680 g/mol. The number of hydrogen-bond donors (Lipinski definition) is 2. The lowest BCUT2D eigenvalue weighted by atomic mass is 9.97. The van der Waals surface area contributed by atoms with Gasteiger partial charge in [-0.2, -0.15) is 4.98 Å². The summed E-state index contributed by atoms with van der Waals surface area (Å²) < 4.78 is 47.7. The summed E-state index contributed by atoms with van der Waals surface area (Å²) in [4.78, 5) is 24.8. The number of nitrogens with one attached hydrogen (secondary N) is 2. The van der Waals surface area contributed by atoms with Gasteiger partial charge in [-0.05, 0) is 28.1 Å². The lowest BCUT2D eigenvalue weighted by Gasteiger charge is -2.51. The first kappa shape index (κ1) is 36.0. The molecule has 2 aromatic rings. The van der Waals surface area contributed by atoms with Crippen LogP contribution < -0.4 is 10.9 Å². The molecule has 2 aliphatic heterocycles. The lowest BCUT2D eigenvalue weighted by Crippen LogP contribution is -2.66. The molecule has 0 radical (unpaired) electrons. The van der Waals surface area contributed by atoms with Crippen molar-refractivity contribution in [3.05, 3.63) is 16.7 Å². The van der Waals surface area contributed by atoms with Crippen LogP contribution in [0.15, 0.2) is 11.1 Å². The number of nitrogens with zero attached hydrogens (tertiary/aromatic N) is 3. The number of aromatic amines is 1. The smallest absolute Gasteiger partial charge is 0.335 e. The summed E-state index contributed by atoms with van der Waals surface area (Å²) in [5, 5.41) is 3.17. The Labute approximate surface area is 271 Å². The minimum atomic E-state index is -3.18. The first-order valence-electron chi connectivity index (χ1n) is 16.4. The number of imidazole rings is 1. The Bertz CT molecular complexity index is 1460. The van der Waals surface area contributed by atoms with Gasteiger partial charge in [-0.15, -0.1) is 5.54 Å². The maximum absolute atomic E-state index is 18.2. The Balaban J connectivity index is 1.94. The molecule has 14 heteroatoms. The van der Waals surface area contributed by atoms with Gasteiger partial charge < -0.3 is 23.0 Å². The molecule has 1 unspecified atom stereocenters. The molecule has 2 fully saturated rings. The van der Waals surface area contributed by atoms with E-state index in [1.54, 1.807) is 0 Å². The quantitative estimate of drug-likeness (QED) is 0.236. The summed E-state index contributed by atoms with van der Waals surface area (Å²) in [7, 11) is -8.12. The van der Waals surface area contributed by atoms with Gasteiger partial charge in [0.1, 0.15) is 20.3 Å². The molecule has 4 atom stereocenters. The Kier molecular flexibility index (Phi) is 10.4. The normalized spacial score (nSPS) is 26.8. The Hall–Kier alpha value is -1.87. The van der Waals surface area contributed by atoms with Crippen LogP contribution in [-0.4, -0.2) is 75.7 Å². The Morgan fingerprint density at radius 2 is 1.67 bits per heavy atom. The van der Waals surface area contributed by atoms with Crippen LogP contribution >= 0.6 is 0 Å². The third kappa shape index (κ3) is 6.77. The van der Waals surface area contributed by atoms with Crippen LogP contribution in [0, 0.1) is 17.4 Å². The summed E-state index contributed by atoms with van der Waals surface area (Å²) in [6, 6.07) is 0. The largest absolute Gasteiger partial charge is 0.414 e. The third-order valence-electron chi connectivity index (χ3n) is 8.73. The zero-order valence-electron chi connectivity index (χ0n) is 29.4. The molecule has 0 aromatic carbocycles. The molecule has 0 saturated carbocycles. The second-order valence-electron chi connectivity index (χ2n) is 15.3. The molecule has 10 nitrogen and oxygen atoms in total. The Morgan fingerprint density at radius 1 is 1.07 bits per heavy atom. The first-order valence-corrected chi connectivity index (χ1v) is 23.8. The number of fused-ring (bicyclic) bond motifs is 2. The fourth-order valence-corrected chi connectivity index (χ4v) is 18.1. The third-order valence-corrected chi connectivity index (χ3v) is 19.8. The maximum Gasteiger partial charge on any atom is 0.335 e. The Morgan fingerprint density at radius 3 is 2.20 bits per heavy atom. The van der Waals surface area contributed by atoms with Crippen molar-refractivity contribution in [3.63, 3.8) is 0 Å². The molecule has 2 aromatic heterocycles. The SMILES string of the molecule is CC(C)CNc1nc2c(ncn2[C@@H]2O[C@@H]3CO[Si](C(C)C)(C(C)C)O[Si](C(C)C)(C(C)C)O[C@@H]3C2(F)C#C[Si](C)(C)C)c(=O)[nH]1. The van der Waals surface area contributed by atoms with Crippen LogP contribution in [0.1, 0.15) is 75.5 Å². The molecular weight excluding hydrogens is 626 g/mol. The minimum absolute atomic E-state index is 0.00126. The summed E-state index contributed by atoms with van der Waals surface area (Å²) >= 11 is 0. The molecule has 2 N–H and O–H groups in total. The van der Waals surface area contributed by atoms with Crippen molar-refractivity contribution >= 4 is 42.3 Å². The standard InChI is InChI=1S/C31H54FN5O5Si3/c1-19(2)16-33-30-35-27-25(28(38)36-30)34-18-37(27)29-31(32,14-15-43(11,12)13)26-24(40-29)17-39-44(20(3)4,21(5)6)42-45(41-26,22(7)8)23(9)10/h18-24,26,29H,16-17H2,1-13H3,(H2,33,35,36,38)/t24-,26+,29-,31?/m1/s1. The van der Waals surface area contributed by atoms with Gasteiger partial charge >= 0.3 is 17.1 Å². The van der Waals surface area contributed by atoms with Crippen LogP contribution in [-0.2, 0) is 17.7 Å². The second-order valence-corrected chi connectivity index (χ2v) is 28.9. The molecule has 4 heterocycles. The molecule has 0 spiro atoms. The predicted octanol–water partition coefficient (Wildman–Crippen LogP) is 6.63. The molecule has 0 bridgehead atoms. The fourth-order valence-electron chi connectivity index (χ4n) is 6.33. The predicted molar refractivity (Wildman–Crippen MR) is 184 cm³/mol. The number of halogens is 1. The number of hydrogen-bond acceptors (Lipinski definition) is 8. The zero-order chi connectivity index (χ0) is 33.7. The highest BCUT2D eigenvalue weighted by Gasteiger charge is 2.66. The van der Waals surface area contributed by atoms with E-state index in [4.69, 9.17) is 17.7 Å². The first-order chi connectivity index (χ1) is 20.8. The van der Waals surface area contributed by atoms with Crippen molar-refractivity contribution in [2.45, 2.75) is 135 Å². The van der Waals surface area contributed by atoms with Crippen molar-refractivity contribution in [2.24, 2.45) is 5.92 Å². The molecule has 45 heavy (non-hydrogen) atoms. The van der Waals surface area contributed by atoms with Crippen LogP contribution in [0.3, 0.4) is 0 Å². The van der Waals surface area contributed by atoms with E-state index in [1.165, 1.54) is 10.9 Å². The van der Waals surface area contributed by atoms with E-state index >= 15 is 4.39 Å². The van der Waals surface area contributed by atoms with Crippen molar-refractivity contribution in [2.75, 3.05) is 18.5 Å². The van der Waals surface area contributed by atoms with E-state index < -0.39 is 54.9 Å². The van der Waals surface area contributed by atoms with Crippen molar-refractivity contribution in [3.8, 4) is 11.5 Å². The summed E-state index contributed by atoms with van der Waals surface area (Å²) in [6.45, 7) is 28.0. The van der Waals surface area contributed by atoms with Gasteiger partial charge in [0.2, 0.25) is 11.6 Å². The molecule has 2 aliphatic rings. The van der Waals surface area contributed by atoms with Crippen LogP contribution in [0.5, 0.6) is 0 Å². The van der Waals surface area contributed by atoms with Gasteiger partial charge in [0, 0.05) is 6.54 Å². The van der Waals surface area contributed by atoms with E-state index in [0.29, 0.717) is 12.5 Å². The van der Waals surface area contributed by atoms with Gasteiger partial charge in [0.05, 0.1) is 12.9 Å². The topological polar surface area (TPSA) is 113 Å². The van der Waals surface area contributed by atoms with Crippen LogP contribution in [0.4, 0.5) is 10.3 Å². The monoisotopic (exact) mass is 679 g/mol. The summed E-state index contributed by atoms with van der Waals surface area (Å²) in [6.07, 6.45) is -1.73. The van der Waals surface area contributed by atoms with Crippen LogP contribution in [0.2, 0.25) is 41.8 Å². The van der Waals surface area contributed by atoms with Crippen LogP contribution in [0.25, 0.3) is 11.2 Å². The highest BCUT2D eigenvalue weighted by Crippen LogP contribution is 2.52. The van der Waals surface area contributed by atoms with E-state index in [0.717, 1.165) is 0 Å². The molecule has 252 valence electrons. The van der Waals surface area contributed by atoms with Crippen molar-refractivity contribution in [1.29, 1.82) is 0 Å². The molecule has 0 aliphatic carbocycles. The number of rotatable bonds is 8. The maximum atomic E-state index is 18.2. The highest BCUT2D eigenvalue weighted by atomic mass is 28.5. The van der Waals surface area contributed by atoms with Gasteiger partial charge in [0.15, 0.2) is 17.4 Å². The minimum Gasteiger partial charge on any atom is -0.414 e. The second kappa shape index (κ2) is 13.0. The van der Waals surface area contributed by atoms with Gasteiger partial charge in [0.25, 0.3) is 5.56 Å². The number of alkyl halides is 1. The summed E-state index contributed by atoms with van der Waals surface area (Å²) in [5.74, 6) is 3.64. The van der Waals surface area contributed by atoms with Gasteiger partial charge in [-0.25, -0.2) is 9.37 Å². The summed E-state index contributed by atoms with van der Waals surface area (Å²) in [5.41, 5.74) is 1.11. The average Bonchev–Trinajstić information content (AvgIpc) is 3.44. The van der Waals surface area contributed by atoms with Gasteiger partial charge in [-0.3, -0.25) is 14.3 Å². The number of anilines is 1. The van der Waals surface area contributed by atoms with E-state index in [1.807, 2.05) is 0 Å². The molecular formula is C31H54FN5O5Si3. The lowest BCUT2D eigenvalue weighted by molar-refractivity contribution is -0.0568. The zero-order valence-corrected chi connectivity index (χ0v) is 32.4. The molecule has 2 saturated heterocycles. The van der Waals surface area contributed by atoms with E-state index in [-0.39, 0.29) is 45.9 Å². The van der Waals surface area contributed by atoms with Crippen molar-refractivity contribution < 1.29 is 22.1 Å². The fraction of sp³-hybridized carbons (Fsp3) is 0.774. The number of ether oxygens (including phenoxy) is 1. The number of H-pyrrole nitrogens is 1. The van der Waals surface area contributed by atoms with E-state index in [9.17, 15) is 4.79 Å². The van der Waals surface area contributed by atoms with Crippen molar-refractivity contribution in [1.82, 2.24) is 19.5 Å².